The molecule has 2 amide bonds. The largest absolute Gasteiger partial charge is 0.338 e. The summed E-state index contributed by atoms with van der Waals surface area (Å²) in [6.45, 7) is 3.98. The molecule has 0 atom stereocenters. The molecule has 2 heterocycles. The maximum atomic E-state index is 12.5. The molecule has 2 fully saturated rings. The fraction of sp³-hybridized carbons (Fsp3) is 0.706. The predicted molar refractivity (Wildman–Crippen MR) is 91.1 cm³/mol. The van der Waals surface area contributed by atoms with E-state index in [9.17, 15) is 4.79 Å². The quantitative estimate of drug-likeness (QED) is 0.873. The van der Waals surface area contributed by atoms with Crippen LogP contribution in [0.3, 0.4) is 0 Å². The van der Waals surface area contributed by atoms with Crippen LogP contribution in [0.25, 0.3) is 0 Å². The summed E-state index contributed by atoms with van der Waals surface area (Å²) in [4.78, 5) is 16.9. The second-order valence-corrected chi connectivity index (χ2v) is 7.54. The van der Waals surface area contributed by atoms with Crippen LogP contribution in [-0.2, 0) is 6.54 Å². The van der Waals surface area contributed by atoms with Crippen molar-refractivity contribution in [3.63, 3.8) is 0 Å². The van der Waals surface area contributed by atoms with Crippen molar-refractivity contribution in [3.8, 4) is 0 Å². The highest BCUT2D eigenvalue weighted by Gasteiger charge is 2.32. The number of piperidine rings is 1. The zero-order valence-corrected chi connectivity index (χ0v) is 14.3. The molecule has 0 bridgehead atoms. The van der Waals surface area contributed by atoms with Gasteiger partial charge in [0.25, 0.3) is 0 Å². The first kappa shape index (κ1) is 15.8. The Morgan fingerprint density at radius 3 is 2.77 bits per heavy atom. The number of carbonyl (C=O) groups excluding carboxylic acids is 1. The number of hydrogen-bond acceptors (Lipinski definition) is 3. The van der Waals surface area contributed by atoms with Gasteiger partial charge < -0.3 is 15.1 Å². The van der Waals surface area contributed by atoms with E-state index in [1.807, 2.05) is 4.90 Å². The molecule has 0 aromatic carbocycles. The van der Waals surface area contributed by atoms with Crippen LogP contribution in [0.15, 0.2) is 16.8 Å². The number of likely N-dealkylation sites (tertiary alicyclic amines) is 1. The Labute approximate surface area is 137 Å². The third kappa shape index (κ3) is 4.46. The molecule has 1 aliphatic heterocycles. The fourth-order valence-corrected chi connectivity index (χ4v) is 3.83. The Morgan fingerprint density at radius 1 is 1.36 bits per heavy atom. The summed E-state index contributed by atoms with van der Waals surface area (Å²) >= 11 is 1.70. The maximum absolute atomic E-state index is 12.5. The van der Waals surface area contributed by atoms with Crippen molar-refractivity contribution in [1.82, 2.24) is 15.1 Å². The van der Waals surface area contributed by atoms with Crippen molar-refractivity contribution in [2.75, 3.05) is 26.7 Å². The van der Waals surface area contributed by atoms with E-state index in [1.165, 1.54) is 31.5 Å². The topological polar surface area (TPSA) is 35.6 Å². The van der Waals surface area contributed by atoms with E-state index in [4.69, 9.17) is 0 Å². The summed E-state index contributed by atoms with van der Waals surface area (Å²) in [7, 11) is 2.19. The van der Waals surface area contributed by atoms with Gasteiger partial charge in [-0.25, -0.2) is 4.79 Å². The van der Waals surface area contributed by atoms with E-state index < -0.39 is 0 Å². The predicted octanol–water partition coefficient (Wildman–Crippen LogP) is 3.15. The molecule has 1 aromatic rings. The molecular weight excluding hydrogens is 294 g/mol. The third-order valence-electron chi connectivity index (χ3n) is 4.85. The zero-order chi connectivity index (χ0) is 15.4. The lowest BCUT2D eigenvalue weighted by molar-refractivity contribution is 0.187. The van der Waals surface area contributed by atoms with Gasteiger partial charge in [-0.2, -0.15) is 11.3 Å². The Hall–Kier alpha value is -1.07. The molecule has 1 saturated carbocycles. The first-order valence-corrected chi connectivity index (χ1v) is 9.41. The van der Waals surface area contributed by atoms with Gasteiger partial charge in [0.05, 0.1) is 0 Å². The third-order valence-corrected chi connectivity index (χ3v) is 5.58. The highest BCUT2D eigenvalue weighted by Crippen LogP contribution is 2.28. The van der Waals surface area contributed by atoms with Gasteiger partial charge in [0.1, 0.15) is 0 Å². The normalized spacial score (nSPS) is 20.0. The molecule has 0 spiro atoms. The molecular formula is C17H27N3OS. The Balaban J connectivity index is 1.41. The summed E-state index contributed by atoms with van der Waals surface area (Å²) < 4.78 is 0. The van der Waals surface area contributed by atoms with Crippen LogP contribution < -0.4 is 5.32 Å². The second kappa shape index (κ2) is 7.47. The summed E-state index contributed by atoms with van der Waals surface area (Å²) in [5.41, 5.74) is 1.25. The molecule has 5 heteroatoms. The average Bonchev–Trinajstić information content (AvgIpc) is 3.23. The lowest BCUT2D eigenvalue weighted by Gasteiger charge is -2.29. The second-order valence-electron chi connectivity index (χ2n) is 6.76. The van der Waals surface area contributed by atoms with Crippen molar-refractivity contribution in [1.29, 1.82) is 0 Å². The van der Waals surface area contributed by atoms with Gasteiger partial charge in [-0.15, -0.1) is 0 Å². The van der Waals surface area contributed by atoms with Crippen LogP contribution in [0.4, 0.5) is 4.79 Å². The molecule has 1 N–H and O–H groups in total. The SMILES string of the molecule is CN1CCC(CCNC(=O)N(Cc2ccsc2)C2CC2)CC1. The molecule has 0 radical (unpaired) electrons. The lowest BCUT2D eigenvalue weighted by Crippen LogP contribution is -2.42. The molecule has 1 aliphatic carbocycles. The summed E-state index contributed by atoms with van der Waals surface area (Å²) in [6, 6.07) is 2.70. The molecule has 3 rings (SSSR count). The summed E-state index contributed by atoms with van der Waals surface area (Å²) in [5.74, 6) is 0.780. The molecule has 122 valence electrons. The molecule has 0 unspecified atom stereocenters. The molecule has 4 nitrogen and oxygen atoms in total. The van der Waals surface area contributed by atoms with Crippen molar-refractivity contribution in [2.24, 2.45) is 5.92 Å². The molecule has 2 aliphatic rings. The van der Waals surface area contributed by atoms with Crippen LogP contribution in [0.5, 0.6) is 0 Å². The summed E-state index contributed by atoms with van der Waals surface area (Å²) in [5, 5.41) is 7.37. The highest BCUT2D eigenvalue weighted by atomic mass is 32.1. The van der Waals surface area contributed by atoms with Gasteiger partial charge in [0.2, 0.25) is 0 Å². The van der Waals surface area contributed by atoms with Gasteiger partial charge in [0.15, 0.2) is 0 Å². The van der Waals surface area contributed by atoms with Crippen molar-refractivity contribution >= 4 is 17.4 Å². The first-order chi connectivity index (χ1) is 10.7. The standard InChI is InChI=1S/C17H27N3OS/c1-19-9-5-14(6-10-19)4-8-18-17(21)20(16-2-3-16)12-15-7-11-22-13-15/h7,11,13-14,16H,2-6,8-10,12H2,1H3,(H,18,21). The molecule has 22 heavy (non-hydrogen) atoms. The zero-order valence-electron chi connectivity index (χ0n) is 13.5. The van der Waals surface area contributed by atoms with Gasteiger partial charge >= 0.3 is 6.03 Å². The van der Waals surface area contributed by atoms with Crippen molar-refractivity contribution < 1.29 is 4.79 Å². The Morgan fingerprint density at radius 2 is 2.14 bits per heavy atom. The van der Waals surface area contributed by atoms with Gasteiger partial charge in [-0.05, 0) is 80.5 Å². The van der Waals surface area contributed by atoms with Gasteiger partial charge in [-0.3, -0.25) is 0 Å². The number of rotatable bonds is 6. The molecule has 1 aromatic heterocycles. The number of carbonyl (C=O) groups is 1. The van der Waals surface area contributed by atoms with Crippen LogP contribution in [0, 0.1) is 5.92 Å². The number of amides is 2. The monoisotopic (exact) mass is 321 g/mol. The minimum Gasteiger partial charge on any atom is -0.338 e. The van der Waals surface area contributed by atoms with E-state index in [2.05, 4.69) is 34.1 Å². The average molecular weight is 321 g/mol. The fourth-order valence-electron chi connectivity index (χ4n) is 3.17. The minimum atomic E-state index is 0.127. The smallest absolute Gasteiger partial charge is 0.317 e. The van der Waals surface area contributed by atoms with E-state index >= 15 is 0 Å². The van der Waals surface area contributed by atoms with Gasteiger partial charge in [0, 0.05) is 19.1 Å². The van der Waals surface area contributed by atoms with E-state index in [-0.39, 0.29) is 6.03 Å². The van der Waals surface area contributed by atoms with E-state index in [0.29, 0.717) is 6.04 Å². The summed E-state index contributed by atoms with van der Waals surface area (Å²) in [6.07, 6.45) is 5.98. The van der Waals surface area contributed by atoms with Crippen LogP contribution in [0.1, 0.15) is 37.7 Å². The van der Waals surface area contributed by atoms with Crippen molar-refractivity contribution in [2.45, 2.75) is 44.7 Å². The van der Waals surface area contributed by atoms with Crippen LogP contribution in [0.2, 0.25) is 0 Å². The molecule has 1 saturated heterocycles. The number of urea groups is 1. The van der Waals surface area contributed by atoms with Crippen molar-refractivity contribution in [3.05, 3.63) is 22.4 Å². The Bertz CT molecular complexity index is 464. The van der Waals surface area contributed by atoms with Gasteiger partial charge in [-0.1, -0.05) is 0 Å². The van der Waals surface area contributed by atoms with E-state index in [0.717, 1.165) is 38.3 Å². The maximum Gasteiger partial charge on any atom is 0.317 e. The lowest BCUT2D eigenvalue weighted by atomic mass is 9.94. The number of nitrogens with one attached hydrogen (secondary N) is 1. The first-order valence-electron chi connectivity index (χ1n) is 8.46. The minimum absolute atomic E-state index is 0.127. The van der Waals surface area contributed by atoms with E-state index in [1.54, 1.807) is 11.3 Å². The Kier molecular flexibility index (Phi) is 5.37. The van der Waals surface area contributed by atoms with Crippen LogP contribution in [-0.4, -0.2) is 48.6 Å². The number of nitrogens with zero attached hydrogens (tertiary/aromatic N) is 2. The number of thiophene rings is 1. The number of hydrogen-bond donors (Lipinski definition) is 1. The highest BCUT2D eigenvalue weighted by molar-refractivity contribution is 7.07. The van der Waals surface area contributed by atoms with Crippen LogP contribution >= 0.6 is 11.3 Å².